The Labute approximate surface area is 58.8 Å². The van der Waals surface area contributed by atoms with Crippen LogP contribution in [0.3, 0.4) is 0 Å². The van der Waals surface area contributed by atoms with Gasteiger partial charge in [0, 0.05) is 7.11 Å². The largest absolute Gasteiger partial charge is 0.465 e. The van der Waals surface area contributed by atoms with E-state index in [-0.39, 0.29) is 0 Å². The van der Waals surface area contributed by atoms with Gasteiger partial charge in [0.25, 0.3) is 0 Å². The maximum Gasteiger partial charge on any atom is 0.200 e. The Bertz CT molecular complexity index is 222. The van der Waals surface area contributed by atoms with E-state index < -0.39 is 6.10 Å². The molecule has 0 N–H and O–H groups in total. The molecule has 0 amide bonds. The number of furan rings is 1. The lowest BCUT2D eigenvalue weighted by atomic mass is 10.3. The van der Waals surface area contributed by atoms with Crippen molar-refractivity contribution < 1.29 is 9.15 Å². The summed E-state index contributed by atoms with van der Waals surface area (Å²) in [5.74, 6) is 0.546. The highest BCUT2D eigenvalue weighted by Crippen LogP contribution is 2.14. The first-order valence-corrected chi connectivity index (χ1v) is 2.84. The monoisotopic (exact) mass is 137 g/mol. The van der Waals surface area contributed by atoms with Gasteiger partial charge in [-0.25, -0.2) is 0 Å². The minimum atomic E-state index is -0.574. The molecule has 3 heteroatoms. The molecule has 0 aliphatic carbocycles. The highest BCUT2D eigenvalue weighted by molar-refractivity contribution is 5.09. The van der Waals surface area contributed by atoms with Crippen molar-refractivity contribution in [2.75, 3.05) is 7.11 Å². The van der Waals surface area contributed by atoms with Crippen LogP contribution in [0.4, 0.5) is 0 Å². The second kappa shape index (κ2) is 3.04. The van der Waals surface area contributed by atoms with Gasteiger partial charge in [0.2, 0.25) is 6.10 Å². The van der Waals surface area contributed by atoms with Crippen LogP contribution in [0.2, 0.25) is 0 Å². The van der Waals surface area contributed by atoms with Crippen molar-refractivity contribution in [3.63, 3.8) is 0 Å². The number of ether oxygens (including phenoxy) is 1. The van der Waals surface area contributed by atoms with E-state index in [1.54, 1.807) is 12.1 Å². The quantitative estimate of drug-likeness (QED) is 0.620. The number of methoxy groups -OCH3 is 1. The van der Waals surface area contributed by atoms with Crippen molar-refractivity contribution in [1.29, 1.82) is 5.26 Å². The summed E-state index contributed by atoms with van der Waals surface area (Å²) in [6.07, 6.45) is 0.939. The first-order valence-electron chi connectivity index (χ1n) is 2.84. The van der Waals surface area contributed by atoms with Gasteiger partial charge in [0.05, 0.1) is 6.26 Å². The molecule has 0 spiro atoms. The summed E-state index contributed by atoms with van der Waals surface area (Å²) in [6, 6.07) is 5.36. The molecule has 0 aliphatic rings. The van der Waals surface area contributed by atoms with Crippen LogP contribution in [0.15, 0.2) is 22.8 Å². The summed E-state index contributed by atoms with van der Waals surface area (Å²) in [5, 5.41) is 8.46. The van der Waals surface area contributed by atoms with Gasteiger partial charge in [-0.15, -0.1) is 0 Å². The van der Waals surface area contributed by atoms with E-state index in [0.717, 1.165) is 0 Å². The third kappa shape index (κ3) is 1.17. The molecule has 0 saturated carbocycles. The molecule has 0 aliphatic heterocycles. The third-order valence-electron chi connectivity index (χ3n) is 1.15. The molecule has 0 saturated heterocycles. The maximum atomic E-state index is 8.46. The lowest BCUT2D eigenvalue weighted by Gasteiger charge is -2.00. The maximum absolute atomic E-state index is 8.46. The molecule has 10 heavy (non-hydrogen) atoms. The van der Waals surface area contributed by atoms with Crippen molar-refractivity contribution in [1.82, 2.24) is 0 Å². The number of hydrogen-bond acceptors (Lipinski definition) is 3. The normalized spacial score (nSPS) is 12.4. The zero-order chi connectivity index (χ0) is 7.40. The zero-order valence-corrected chi connectivity index (χ0v) is 5.57. The average molecular weight is 137 g/mol. The predicted octanol–water partition coefficient (Wildman–Crippen LogP) is 1.49. The molecule has 0 aromatic carbocycles. The number of rotatable bonds is 2. The smallest absolute Gasteiger partial charge is 0.200 e. The molecule has 52 valence electrons. The van der Waals surface area contributed by atoms with Crippen LogP contribution >= 0.6 is 0 Å². The van der Waals surface area contributed by atoms with Gasteiger partial charge in [-0.05, 0) is 12.1 Å². The summed E-state index contributed by atoms with van der Waals surface area (Å²) in [4.78, 5) is 0. The zero-order valence-electron chi connectivity index (χ0n) is 5.57. The van der Waals surface area contributed by atoms with Crippen LogP contribution in [0.1, 0.15) is 11.9 Å². The van der Waals surface area contributed by atoms with Gasteiger partial charge in [-0.1, -0.05) is 0 Å². The molecule has 1 aromatic heterocycles. The standard InChI is InChI=1S/C7H7NO2/c1-9-7(5-8)6-3-2-4-10-6/h2-4,7H,1H3/t7-/m1/s1. The van der Waals surface area contributed by atoms with E-state index in [0.29, 0.717) is 5.76 Å². The summed E-state index contributed by atoms with van der Waals surface area (Å²) in [7, 11) is 1.47. The Morgan fingerprint density at radius 2 is 2.60 bits per heavy atom. The van der Waals surface area contributed by atoms with Gasteiger partial charge in [0.1, 0.15) is 11.8 Å². The van der Waals surface area contributed by atoms with E-state index in [2.05, 4.69) is 0 Å². The first-order chi connectivity index (χ1) is 4.88. The molecule has 1 aromatic rings. The van der Waals surface area contributed by atoms with Crippen LogP contribution in [-0.4, -0.2) is 7.11 Å². The Morgan fingerprint density at radius 3 is 3.00 bits per heavy atom. The molecule has 1 atom stereocenters. The van der Waals surface area contributed by atoms with Crippen molar-refractivity contribution >= 4 is 0 Å². The van der Waals surface area contributed by atoms with Crippen molar-refractivity contribution in [3.05, 3.63) is 24.2 Å². The molecular formula is C7H7NO2. The Morgan fingerprint density at radius 1 is 1.80 bits per heavy atom. The predicted molar refractivity (Wildman–Crippen MR) is 34.1 cm³/mol. The fraction of sp³-hybridized carbons (Fsp3) is 0.286. The highest BCUT2D eigenvalue weighted by atomic mass is 16.5. The summed E-state index contributed by atoms with van der Waals surface area (Å²) in [6.45, 7) is 0. The molecular weight excluding hydrogens is 130 g/mol. The SMILES string of the molecule is CO[C@H](C#N)c1ccco1. The van der Waals surface area contributed by atoms with E-state index in [1.807, 2.05) is 6.07 Å². The molecule has 0 radical (unpaired) electrons. The average Bonchev–Trinajstić information content (AvgIpc) is 2.43. The van der Waals surface area contributed by atoms with Crippen LogP contribution < -0.4 is 0 Å². The van der Waals surface area contributed by atoms with E-state index in [9.17, 15) is 0 Å². The lowest BCUT2D eigenvalue weighted by molar-refractivity contribution is 0.128. The Balaban J connectivity index is 2.76. The summed E-state index contributed by atoms with van der Waals surface area (Å²) < 4.78 is 9.72. The molecule has 0 fully saturated rings. The molecule has 0 bridgehead atoms. The second-order valence-corrected chi connectivity index (χ2v) is 1.76. The minimum Gasteiger partial charge on any atom is -0.465 e. The Kier molecular flexibility index (Phi) is 2.08. The van der Waals surface area contributed by atoms with Gasteiger partial charge in [-0.2, -0.15) is 5.26 Å². The Hall–Kier alpha value is -1.27. The number of nitrogens with zero attached hydrogens (tertiary/aromatic N) is 1. The number of hydrogen-bond donors (Lipinski definition) is 0. The topological polar surface area (TPSA) is 46.2 Å². The molecule has 0 unspecified atom stereocenters. The molecule has 1 rings (SSSR count). The highest BCUT2D eigenvalue weighted by Gasteiger charge is 2.10. The van der Waals surface area contributed by atoms with E-state index in [4.69, 9.17) is 14.4 Å². The van der Waals surface area contributed by atoms with E-state index in [1.165, 1.54) is 13.4 Å². The van der Waals surface area contributed by atoms with Crippen LogP contribution in [0, 0.1) is 11.3 Å². The van der Waals surface area contributed by atoms with Crippen molar-refractivity contribution in [2.24, 2.45) is 0 Å². The van der Waals surface area contributed by atoms with Gasteiger partial charge < -0.3 is 9.15 Å². The van der Waals surface area contributed by atoms with Gasteiger partial charge in [-0.3, -0.25) is 0 Å². The summed E-state index contributed by atoms with van der Waals surface area (Å²) >= 11 is 0. The second-order valence-electron chi connectivity index (χ2n) is 1.76. The fourth-order valence-electron chi connectivity index (χ4n) is 0.673. The van der Waals surface area contributed by atoms with Gasteiger partial charge >= 0.3 is 0 Å². The minimum absolute atomic E-state index is 0.546. The van der Waals surface area contributed by atoms with Crippen LogP contribution in [-0.2, 0) is 4.74 Å². The van der Waals surface area contributed by atoms with Gasteiger partial charge in [0.15, 0.2) is 0 Å². The van der Waals surface area contributed by atoms with Crippen LogP contribution in [0.5, 0.6) is 0 Å². The molecule has 3 nitrogen and oxygen atoms in total. The summed E-state index contributed by atoms with van der Waals surface area (Å²) in [5.41, 5.74) is 0. The van der Waals surface area contributed by atoms with E-state index >= 15 is 0 Å². The molecule has 1 heterocycles. The van der Waals surface area contributed by atoms with Crippen molar-refractivity contribution in [2.45, 2.75) is 6.10 Å². The first kappa shape index (κ1) is 6.84. The third-order valence-corrected chi connectivity index (χ3v) is 1.15. The van der Waals surface area contributed by atoms with Crippen LogP contribution in [0.25, 0.3) is 0 Å². The fourth-order valence-corrected chi connectivity index (χ4v) is 0.673. The lowest BCUT2D eigenvalue weighted by Crippen LogP contribution is -1.94. The number of nitriles is 1. The van der Waals surface area contributed by atoms with Crippen molar-refractivity contribution in [3.8, 4) is 6.07 Å².